The van der Waals surface area contributed by atoms with Crippen molar-refractivity contribution in [1.29, 1.82) is 0 Å². The summed E-state index contributed by atoms with van der Waals surface area (Å²) in [7, 11) is 0.722. The maximum Gasteiger partial charge on any atom is 0.198 e. The molecule has 3 aliphatic rings. The van der Waals surface area contributed by atoms with Gasteiger partial charge >= 0.3 is 0 Å². The SMILES string of the molecule is CC1(C)CCC(C)(C)c2cc3c(cc21)oc1cc(N2c4cc5oc6cc7c(cc6c5cc4Bc4c(-c5ccc6ccccc6c5Nc5ccc(-c6ccccc6)cc5)cc(-c5ccccc5)cc42)C(C)(C)CCC7(C)C)ccc13. The second-order valence-corrected chi connectivity index (χ2v) is 25.9. The molecule has 15 rings (SSSR count). The summed E-state index contributed by atoms with van der Waals surface area (Å²) in [4.78, 5) is 2.51. The first-order valence-electron chi connectivity index (χ1n) is 28.6. The van der Waals surface area contributed by atoms with Crippen molar-refractivity contribution in [2.75, 3.05) is 10.2 Å². The van der Waals surface area contributed by atoms with E-state index >= 15 is 0 Å². The molecular formula is C74H65BN2O2. The molecule has 0 spiro atoms. The number of rotatable bonds is 6. The van der Waals surface area contributed by atoms with E-state index in [1.165, 1.54) is 71.4 Å². The van der Waals surface area contributed by atoms with Gasteiger partial charge in [0, 0.05) is 67.4 Å². The van der Waals surface area contributed by atoms with Crippen molar-refractivity contribution in [2.45, 2.75) is 103 Å². The topological polar surface area (TPSA) is 41.6 Å². The van der Waals surface area contributed by atoms with E-state index in [4.69, 9.17) is 8.83 Å². The Morgan fingerprint density at radius 2 is 0.911 bits per heavy atom. The molecule has 0 radical (unpaired) electrons. The van der Waals surface area contributed by atoms with Crippen LogP contribution in [-0.2, 0) is 21.7 Å². The van der Waals surface area contributed by atoms with Gasteiger partial charge in [-0.2, -0.15) is 0 Å². The minimum Gasteiger partial charge on any atom is -0.456 e. The van der Waals surface area contributed by atoms with Crippen LogP contribution in [0.15, 0.2) is 197 Å². The van der Waals surface area contributed by atoms with E-state index in [9.17, 15) is 0 Å². The highest BCUT2D eigenvalue weighted by molar-refractivity contribution is 6.73. The molecule has 0 amide bonds. The van der Waals surface area contributed by atoms with Gasteiger partial charge in [0.25, 0.3) is 0 Å². The van der Waals surface area contributed by atoms with Crippen molar-refractivity contribution in [3.8, 4) is 33.4 Å². The molecule has 2 aromatic heterocycles. The Labute approximate surface area is 464 Å². The molecule has 0 unspecified atom stereocenters. The normalized spacial score (nSPS) is 16.6. The van der Waals surface area contributed by atoms with Gasteiger partial charge in [-0.1, -0.05) is 176 Å². The Balaban J connectivity index is 0.980. The summed E-state index contributed by atoms with van der Waals surface area (Å²) in [5.74, 6) is 0. The maximum atomic E-state index is 7.09. The Bertz CT molecular complexity index is 4480. The Hall–Kier alpha value is -8.28. The van der Waals surface area contributed by atoms with Gasteiger partial charge in [-0.15, -0.1) is 0 Å². The highest BCUT2D eigenvalue weighted by Crippen LogP contribution is 2.52. The van der Waals surface area contributed by atoms with E-state index in [1.54, 1.807) is 0 Å². The third-order valence-electron chi connectivity index (χ3n) is 19.0. The first-order valence-corrected chi connectivity index (χ1v) is 28.6. The zero-order valence-corrected chi connectivity index (χ0v) is 46.7. The van der Waals surface area contributed by atoms with Gasteiger partial charge in [-0.25, -0.2) is 0 Å². The van der Waals surface area contributed by atoms with Crippen molar-refractivity contribution >= 4 is 101 Å². The molecule has 5 heteroatoms. The minimum absolute atomic E-state index is 0.0612. The van der Waals surface area contributed by atoms with E-state index in [1.807, 2.05) is 0 Å². The quantitative estimate of drug-likeness (QED) is 0.169. The predicted molar refractivity (Wildman–Crippen MR) is 336 cm³/mol. The van der Waals surface area contributed by atoms with Crippen LogP contribution < -0.4 is 21.1 Å². The highest BCUT2D eigenvalue weighted by Gasteiger charge is 2.40. The van der Waals surface area contributed by atoms with E-state index < -0.39 is 0 Å². The van der Waals surface area contributed by atoms with Gasteiger partial charge in [0.15, 0.2) is 7.28 Å². The van der Waals surface area contributed by atoms with E-state index in [0.717, 1.165) is 111 Å². The van der Waals surface area contributed by atoms with Gasteiger partial charge in [-0.3, -0.25) is 0 Å². The zero-order chi connectivity index (χ0) is 53.7. The van der Waals surface area contributed by atoms with Gasteiger partial charge in [0.2, 0.25) is 0 Å². The Morgan fingerprint density at radius 1 is 0.392 bits per heavy atom. The molecule has 12 aromatic rings. The van der Waals surface area contributed by atoms with E-state index in [2.05, 4.69) is 254 Å². The third kappa shape index (κ3) is 7.63. The summed E-state index contributed by atoms with van der Waals surface area (Å²) in [6.45, 7) is 19.2. The maximum absolute atomic E-state index is 7.09. The number of hydrogen-bond donors (Lipinski definition) is 1. The lowest BCUT2D eigenvalue weighted by atomic mass is 9.57. The van der Waals surface area contributed by atoms with Crippen molar-refractivity contribution in [2.24, 2.45) is 0 Å². The first kappa shape index (κ1) is 47.9. The second kappa shape index (κ2) is 17.1. The smallest absolute Gasteiger partial charge is 0.198 e. The predicted octanol–water partition coefficient (Wildman–Crippen LogP) is 19.3. The van der Waals surface area contributed by atoms with Gasteiger partial charge < -0.3 is 19.1 Å². The second-order valence-electron chi connectivity index (χ2n) is 25.9. The van der Waals surface area contributed by atoms with Crippen LogP contribution in [0.3, 0.4) is 0 Å². The lowest BCUT2D eigenvalue weighted by Crippen LogP contribution is -2.41. The molecule has 1 N–H and O–H groups in total. The monoisotopic (exact) mass is 1020 g/mol. The molecule has 10 aromatic carbocycles. The molecule has 0 saturated carbocycles. The van der Waals surface area contributed by atoms with Gasteiger partial charge in [-0.05, 0) is 169 Å². The van der Waals surface area contributed by atoms with Crippen LogP contribution in [0.2, 0.25) is 0 Å². The van der Waals surface area contributed by atoms with Crippen LogP contribution in [0, 0.1) is 0 Å². The fourth-order valence-electron chi connectivity index (χ4n) is 14.1. The molecule has 1 aliphatic heterocycles. The molecular weight excluding hydrogens is 960 g/mol. The van der Waals surface area contributed by atoms with Gasteiger partial charge in [0.1, 0.15) is 22.3 Å². The molecule has 3 heterocycles. The van der Waals surface area contributed by atoms with Crippen LogP contribution in [0.4, 0.5) is 28.4 Å². The van der Waals surface area contributed by atoms with Crippen molar-refractivity contribution in [3.05, 3.63) is 210 Å². The molecule has 0 fully saturated rings. The van der Waals surface area contributed by atoms with E-state index in [-0.39, 0.29) is 21.7 Å². The zero-order valence-electron chi connectivity index (χ0n) is 46.7. The molecule has 0 saturated heterocycles. The standard InChI is InChI=1S/C74H65BN2O2/c1-71(2)31-33-73(5,6)60-41-66-54(38-58(60)71)52-30-28-50(37-65(52)78-66)77-63-43-68-56(55-39-59-61(42-67(55)79-68)74(7,8)34-32-72(59,3)4)40-62(63)75-69-57(35-48(36-64(69)77)45-19-13-10-14-20-45)53-29-25-47-21-15-16-22-51(47)70(53)76-49-26-23-46(24-27-49)44-17-11-9-12-18-44/h9-30,35-43,75-76H,31-34H2,1-8H3. The van der Waals surface area contributed by atoms with Crippen LogP contribution >= 0.6 is 0 Å². The summed E-state index contributed by atoms with van der Waals surface area (Å²) in [6.07, 6.45) is 4.62. The summed E-state index contributed by atoms with van der Waals surface area (Å²) in [6, 6.07) is 70.1. The number of fused-ring (bicyclic) bond motifs is 11. The average Bonchev–Trinajstić information content (AvgIpc) is 4.03. The number of anilines is 5. The average molecular weight is 1030 g/mol. The van der Waals surface area contributed by atoms with Crippen LogP contribution in [0.25, 0.3) is 88.0 Å². The highest BCUT2D eigenvalue weighted by atomic mass is 16.3. The summed E-state index contributed by atoms with van der Waals surface area (Å²) in [5, 5.41) is 11.1. The number of hydrogen-bond acceptors (Lipinski definition) is 4. The fourth-order valence-corrected chi connectivity index (χ4v) is 14.1. The molecule has 0 bridgehead atoms. The number of benzene rings is 10. The summed E-state index contributed by atoms with van der Waals surface area (Å²) < 4.78 is 14.1. The molecule has 0 atom stereocenters. The number of nitrogens with zero attached hydrogens (tertiary/aromatic N) is 1. The molecule has 2 aliphatic carbocycles. The minimum atomic E-state index is 0.0612. The molecule has 79 heavy (non-hydrogen) atoms. The lowest BCUT2D eigenvalue weighted by Gasteiger charge is -2.41. The van der Waals surface area contributed by atoms with E-state index in [0.29, 0.717) is 0 Å². The Kier molecular flexibility index (Phi) is 10.4. The third-order valence-corrected chi connectivity index (χ3v) is 19.0. The summed E-state index contributed by atoms with van der Waals surface area (Å²) >= 11 is 0. The largest absolute Gasteiger partial charge is 0.456 e. The summed E-state index contributed by atoms with van der Waals surface area (Å²) in [5.41, 5.74) is 24.6. The Morgan fingerprint density at radius 3 is 1.54 bits per heavy atom. The lowest BCUT2D eigenvalue weighted by molar-refractivity contribution is 0.332. The molecule has 386 valence electrons. The fraction of sp³-hybridized carbons (Fsp3) is 0.216. The van der Waals surface area contributed by atoms with Gasteiger partial charge in [0.05, 0.1) is 5.69 Å². The van der Waals surface area contributed by atoms with Crippen molar-refractivity contribution in [3.63, 3.8) is 0 Å². The number of nitrogens with one attached hydrogen (secondary N) is 1. The van der Waals surface area contributed by atoms with Crippen molar-refractivity contribution < 1.29 is 8.83 Å². The van der Waals surface area contributed by atoms with Crippen LogP contribution in [-0.4, -0.2) is 7.28 Å². The number of furan rings is 2. The van der Waals surface area contributed by atoms with Crippen LogP contribution in [0.1, 0.15) is 103 Å². The van der Waals surface area contributed by atoms with Crippen molar-refractivity contribution in [1.82, 2.24) is 0 Å². The molecule has 4 nitrogen and oxygen atoms in total. The first-order chi connectivity index (χ1) is 38.1. The van der Waals surface area contributed by atoms with Crippen LogP contribution in [0.5, 0.6) is 0 Å².